The van der Waals surface area contributed by atoms with Gasteiger partial charge in [-0.15, -0.1) is 11.3 Å². The van der Waals surface area contributed by atoms with E-state index < -0.39 is 5.97 Å². The number of hydrogen-bond donors (Lipinski definition) is 1. The van der Waals surface area contributed by atoms with Crippen LogP contribution < -0.4 is 0 Å². The summed E-state index contributed by atoms with van der Waals surface area (Å²) in [5.41, 5.74) is 0.996. The molecule has 1 N–H and O–H groups in total. The molecule has 1 aromatic heterocycles. The molecule has 23 heavy (non-hydrogen) atoms. The Bertz CT molecular complexity index is 562. The van der Waals surface area contributed by atoms with Gasteiger partial charge in [-0.25, -0.2) is 0 Å². The van der Waals surface area contributed by atoms with E-state index in [0.29, 0.717) is 21.5 Å². The highest BCUT2D eigenvalue weighted by atomic mass is 35.5. The number of carbonyl (C=O) groups excluding carboxylic acids is 1. The number of nitrogens with zero attached hydrogens (tertiary/aromatic N) is 1. The first-order valence-corrected chi connectivity index (χ1v) is 9.49. The van der Waals surface area contributed by atoms with Gasteiger partial charge in [-0.3, -0.25) is 9.59 Å². The molecule has 1 saturated heterocycles. The van der Waals surface area contributed by atoms with E-state index in [1.54, 1.807) is 0 Å². The number of rotatable bonds is 7. The van der Waals surface area contributed by atoms with Crippen molar-refractivity contribution < 1.29 is 14.7 Å². The van der Waals surface area contributed by atoms with Crippen LogP contribution in [0.15, 0.2) is 6.07 Å². The van der Waals surface area contributed by atoms with Gasteiger partial charge in [-0.1, -0.05) is 23.2 Å². The van der Waals surface area contributed by atoms with E-state index in [1.165, 1.54) is 11.3 Å². The second-order valence-electron chi connectivity index (χ2n) is 5.87. The summed E-state index contributed by atoms with van der Waals surface area (Å²) < 4.78 is 1.36. The van der Waals surface area contributed by atoms with Gasteiger partial charge in [0.25, 0.3) is 0 Å². The van der Waals surface area contributed by atoms with Crippen LogP contribution in [0.4, 0.5) is 0 Å². The maximum atomic E-state index is 12.5. The number of likely N-dealkylation sites (tertiary alicyclic amines) is 1. The summed E-state index contributed by atoms with van der Waals surface area (Å²) in [5.74, 6) is -0.676. The van der Waals surface area contributed by atoms with Crippen molar-refractivity contribution in [3.05, 3.63) is 20.3 Å². The predicted molar refractivity (Wildman–Crippen MR) is 93.5 cm³/mol. The van der Waals surface area contributed by atoms with Gasteiger partial charge in [0, 0.05) is 25.4 Å². The Balaban J connectivity index is 1.82. The minimum Gasteiger partial charge on any atom is -0.481 e. The fourth-order valence-electron chi connectivity index (χ4n) is 3.04. The van der Waals surface area contributed by atoms with E-state index >= 15 is 0 Å². The Morgan fingerprint density at radius 3 is 2.74 bits per heavy atom. The van der Waals surface area contributed by atoms with Crippen LogP contribution in [-0.2, 0) is 16.0 Å². The van der Waals surface area contributed by atoms with Gasteiger partial charge < -0.3 is 10.0 Å². The van der Waals surface area contributed by atoms with Crippen molar-refractivity contribution in [2.24, 2.45) is 0 Å². The molecule has 0 bridgehead atoms. The van der Waals surface area contributed by atoms with Gasteiger partial charge in [0.1, 0.15) is 0 Å². The highest BCUT2D eigenvalue weighted by Crippen LogP contribution is 2.32. The molecule has 1 aromatic rings. The first-order valence-electron chi connectivity index (χ1n) is 7.92. The highest BCUT2D eigenvalue weighted by molar-refractivity contribution is 7.20. The van der Waals surface area contributed by atoms with Gasteiger partial charge in [-0.05, 0) is 50.2 Å². The van der Waals surface area contributed by atoms with Gasteiger partial charge in [0.15, 0.2) is 0 Å². The molecule has 1 unspecified atom stereocenters. The smallest absolute Gasteiger partial charge is 0.303 e. The third kappa shape index (κ3) is 5.66. The van der Waals surface area contributed by atoms with Crippen LogP contribution in [0.25, 0.3) is 0 Å². The lowest BCUT2D eigenvalue weighted by atomic mass is 9.97. The van der Waals surface area contributed by atoms with Crippen molar-refractivity contribution in [3.63, 3.8) is 0 Å². The Hall–Kier alpha value is -0.780. The minimum atomic E-state index is -0.799. The molecular weight excluding hydrogens is 357 g/mol. The molecule has 0 radical (unpaired) electrons. The molecule has 4 nitrogen and oxygen atoms in total. The Labute approximate surface area is 150 Å². The number of amides is 1. The fourth-order valence-corrected chi connectivity index (χ4v) is 4.58. The average Bonchev–Trinajstić information content (AvgIpc) is 2.83. The molecule has 2 heterocycles. The van der Waals surface area contributed by atoms with Gasteiger partial charge in [0.05, 0.1) is 8.67 Å². The normalized spacial score (nSPS) is 18.2. The van der Waals surface area contributed by atoms with Crippen LogP contribution >= 0.6 is 34.5 Å². The van der Waals surface area contributed by atoms with Crippen molar-refractivity contribution in [3.8, 4) is 0 Å². The van der Waals surface area contributed by atoms with E-state index in [1.807, 2.05) is 11.0 Å². The van der Waals surface area contributed by atoms with Crippen LogP contribution in [0.1, 0.15) is 50.5 Å². The molecule has 2 rings (SSSR count). The molecule has 1 aliphatic rings. The summed E-state index contributed by atoms with van der Waals surface area (Å²) in [6.45, 7) is 0.744. The number of carboxylic acid groups (broad SMARTS) is 1. The molecule has 128 valence electrons. The lowest BCUT2D eigenvalue weighted by Gasteiger charge is -2.35. The zero-order valence-electron chi connectivity index (χ0n) is 12.9. The molecule has 1 amide bonds. The van der Waals surface area contributed by atoms with Crippen molar-refractivity contribution in [1.29, 1.82) is 0 Å². The Morgan fingerprint density at radius 2 is 2.09 bits per heavy atom. The van der Waals surface area contributed by atoms with E-state index in [0.717, 1.165) is 44.2 Å². The largest absolute Gasteiger partial charge is 0.481 e. The highest BCUT2D eigenvalue weighted by Gasteiger charge is 2.26. The number of hydrogen-bond acceptors (Lipinski definition) is 3. The maximum Gasteiger partial charge on any atom is 0.303 e. The number of aliphatic carboxylic acids is 1. The van der Waals surface area contributed by atoms with Crippen LogP contribution in [0.5, 0.6) is 0 Å². The number of aryl methyl sites for hydroxylation is 1. The first-order chi connectivity index (χ1) is 11.0. The molecule has 7 heteroatoms. The number of carbonyl (C=O) groups is 2. The summed E-state index contributed by atoms with van der Waals surface area (Å²) in [6.07, 6.45) is 5.58. The summed E-state index contributed by atoms with van der Waals surface area (Å²) >= 11 is 13.4. The third-order valence-corrected chi connectivity index (χ3v) is 5.77. The Morgan fingerprint density at radius 1 is 1.30 bits per heavy atom. The fraction of sp³-hybridized carbons (Fsp3) is 0.625. The van der Waals surface area contributed by atoms with Crippen LogP contribution in [-0.4, -0.2) is 34.5 Å². The SMILES string of the molecule is O=C(O)CCC1CCCCN1C(=O)CCCc1cc(Cl)sc1Cl. The minimum absolute atomic E-state index is 0.0755. The van der Waals surface area contributed by atoms with Crippen molar-refractivity contribution in [2.45, 2.75) is 57.4 Å². The number of thiophene rings is 1. The molecular formula is C16H21Cl2NO3S. The zero-order chi connectivity index (χ0) is 16.8. The summed E-state index contributed by atoms with van der Waals surface area (Å²) in [5, 5.41) is 8.84. The molecule has 0 aliphatic carbocycles. The third-order valence-electron chi connectivity index (χ3n) is 4.20. The van der Waals surface area contributed by atoms with Crippen LogP contribution in [0.2, 0.25) is 8.67 Å². The van der Waals surface area contributed by atoms with Crippen LogP contribution in [0, 0.1) is 0 Å². The molecule has 1 aliphatic heterocycles. The number of carboxylic acids is 1. The van der Waals surface area contributed by atoms with Gasteiger partial charge in [0.2, 0.25) is 5.91 Å². The summed E-state index contributed by atoms with van der Waals surface area (Å²) in [4.78, 5) is 25.1. The van der Waals surface area contributed by atoms with E-state index in [-0.39, 0.29) is 18.4 Å². The summed E-state index contributed by atoms with van der Waals surface area (Å²) in [7, 11) is 0. The van der Waals surface area contributed by atoms with Crippen LogP contribution in [0.3, 0.4) is 0 Å². The molecule has 0 aromatic carbocycles. The molecule has 0 saturated carbocycles. The molecule has 1 atom stereocenters. The maximum absolute atomic E-state index is 12.5. The number of halogens is 2. The second-order valence-corrected chi connectivity index (χ2v) is 8.16. The van der Waals surface area contributed by atoms with Crippen molar-refractivity contribution in [2.75, 3.05) is 6.54 Å². The molecule has 0 spiro atoms. The quantitative estimate of drug-likeness (QED) is 0.753. The average molecular weight is 378 g/mol. The van der Waals surface area contributed by atoms with E-state index in [9.17, 15) is 9.59 Å². The van der Waals surface area contributed by atoms with Crippen molar-refractivity contribution >= 4 is 46.4 Å². The standard InChI is InChI=1S/C16H21Cl2NO3S/c17-13-10-11(16(18)23-13)4-3-6-14(20)19-9-2-1-5-12(19)7-8-15(21)22/h10,12H,1-9H2,(H,21,22). The first kappa shape index (κ1) is 18.6. The lowest BCUT2D eigenvalue weighted by molar-refractivity contribution is -0.140. The monoisotopic (exact) mass is 377 g/mol. The topological polar surface area (TPSA) is 57.6 Å². The predicted octanol–water partition coefficient (Wildman–Crippen LogP) is 4.62. The van der Waals surface area contributed by atoms with E-state index in [2.05, 4.69) is 0 Å². The van der Waals surface area contributed by atoms with Gasteiger partial charge in [-0.2, -0.15) is 0 Å². The molecule has 1 fully saturated rings. The van der Waals surface area contributed by atoms with Crippen molar-refractivity contribution in [1.82, 2.24) is 4.90 Å². The second kappa shape index (κ2) is 8.90. The number of piperidine rings is 1. The van der Waals surface area contributed by atoms with Gasteiger partial charge >= 0.3 is 5.97 Å². The summed E-state index contributed by atoms with van der Waals surface area (Å²) in [6, 6.07) is 1.93. The Kier molecular flexibility index (Phi) is 7.18. The zero-order valence-corrected chi connectivity index (χ0v) is 15.2. The van der Waals surface area contributed by atoms with E-state index in [4.69, 9.17) is 28.3 Å². The lowest BCUT2D eigenvalue weighted by Crippen LogP contribution is -2.43.